The lowest BCUT2D eigenvalue weighted by molar-refractivity contribution is 0.165. The van der Waals surface area contributed by atoms with Gasteiger partial charge in [0.15, 0.2) is 0 Å². The van der Waals surface area contributed by atoms with Crippen LogP contribution in [0.25, 0.3) is 71.5 Å². The highest BCUT2D eigenvalue weighted by Crippen LogP contribution is 2.65. The maximum Gasteiger partial charge on any atom is 0.0728 e. The number of fused-ring (bicyclic) bond motifs is 18. The lowest BCUT2D eigenvalue weighted by Gasteiger charge is -2.47. The van der Waals surface area contributed by atoms with Crippen molar-refractivity contribution < 1.29 is 0 Å². The minimum atomic E-state index is -0.379. The van der Waals surface area contributed by atoms with Crippen LogP contribution in [0, 0.1) is 11.8 Å². The van der Waals surface area contributed by atoms with Gasteiger partial charge in [-0.15, -0.1) is 0 Å². The summed E-state index contributed by atoms with van der Waals surface area (Å²) >= 11 is 0. The van der Waals surface area contributed by atoms with E-state index in [0.29, 0.717) is 11.8 Å². The molecule has 1 spiro atoms. The van der Waals surface area contributed by atoms with Crippen LogP contribution in [0.2, 0.25) is 0 Å². The van der Waals surface area contributed by atoms with Crippen molar-refractivity contribution in [2.45, 2.75) is 126 Å². The van der Waals surface area contributed by atoms with Gasteiger partial charge in [-0.3, -0.25) is 9.97 Å². The van der Waals surface area contributed by atoms with Gasteiger partial charge in [-0.1, -0.05) is 119 Å². The van der Waals surface area contributed by atoms with Crippen LogP contribution in [0.4, 0.5) is 0 Å². The van der Waals surface area contributed by atoms with E-state index in [-0.39, 0.29) is 16.2 Å². The number of pyridine rings is 2. The number of aromatic nitrogens is 3. The maximum absolute atomic E-state index is 5.69. The van der Waals surface area contributed by atoms with Crippen LogP contribution >= 0.6 is 0 Å². The van der Waals surface area contributed by atoms with E-state index >= 15 is 0 Å². The van der Waals surface area contributed by atoms with Gasteiger partial charge in [0.2, 0.25) is 0 Å². The Morgan fingerprint density at radius 1 is 0.538 bits per heavy atom. The maximum atomic E-state index is 5.69. The molecule has 7 aliphatic rings. The molecular formula is C62H57N3. The average Bonchev–Trinajstić information content (AvgIpc) is 4.03. The van der Waals surface area contributed by atoms with E-state index in [9.17, 15) is 0 Å². The van der Waals surface area contributed by atoms with Gasteiger partial charge in [0.1, 0.15) is 0 Å². The normalized spacial score (nSPS) is 23.3. The van der Waals surface area contributed by atoms with Crippen LogP contribution in [-0.2, 0) is 16.2 Å². The molecule has 0 aliphatic heterocycles. The quantitative estimate of drug-likeness (QED) is 0.173. The summed E-state index contributed by atoms with van der Waals surface area (Å²) in [4.78, 5) is 11.3. The Labute approximate surface area is 382 Å². The lowest BCUT2D eigenvalue weighted by Crippen LogP contribution is -2.40. The van der Waals surface area contributed by atoms with Crippen molar-refractivity contribution in [1.82, 2.24) is 14.4 Å². The minimum absolute atomic E-state index is 0.0830. The zero-order valence-corrected chi connectivity index (χ0v) is 38.4. The van der Waals surface area contributed by atoms with Gasteiger partial charge >= 0.3 is 0 Å². The minimum Gasteiger partial charge on any atom is -0.305 e. The molecule has 0 radical (unpaired) electrons. The fourth-order valence-corrected chi connectivity index (χ4v) is 16.7. The summed E-state index contributed by atoms with van der Waals surface area (Å²) in [6.45, 7) is 9.75. The predicted octanol–water partition coefficient (Wildman–Crippen LogP) is 15.9. The second-order valence-corrected chi connectivity index (χ2v) is 21.7. The molecule has 2 fully saturated rings. The molecule has 4 heterocycles. The summed E-state index contributed by atoms with van der Waals surface area (Å²) < 4.78 is 2.66. The van der Waals surface area contributed by atoms with Crippen molar-refractivity contribution >= 4 is 38.1 Å². The van der Waals surface area contributed by atoms with Crippen LogP contribution in [-0.4, -0.2) is 14.4 Å². The molecule has 4 bridgehead atoms. The van der Waals surface area contributed by atoms with E-state index in [1.54, 1.807) is 11.1 Å². The molecule has 0 N–H and O–H groups in total. The molecule has 65 heavy (non-hydrogen) atoms. The first-order valence-electron chi connectivity index (χ1n) is 25.5. The van der Waals surface area contributed by atoms with E-state index in [2.05, 4.69) is 148 Å². The topological polar surface area (TPSA) is 30.2 Å². The molecule has 0 amide bonds. The Kier molecular flexibility index (Phi) is 7.34. The van der Waals surface area contributed by atoms with Crippen molar-refractivity contribution in [3.63, 3.8) is 0 Å². The largest absolute Gasteiger partial charge is 0.305 e. The average molecular weight is 844 g/mol. The molecule has 5 aromatic carbocycles. The highest BCUT2D eigenvalue weighted by Gasteiger charge is 2.53. The molecule has 320 valence electrons. The summed E-state index contributed by atoms with van der Waals surface area (Å²) in [7, 11) is 0. The van der Waals surface area contributed by atoms with Crippen molar-refractivity contribution in [1.29, 1.82) is 0 Å². The highest BCUT2D eigenvalue weighted by atomic mass is 15.0. The molecule has 9 aromatic rings. The zero-order chi connectivity index (χ0) is 43.1. The van der Waals surface area contributed by atoms with Crippen molar-refractivity contribution in [2.75, 3.05) is 0 Å². The monoisotopic (exact) mass is 843 g/mol. The second-order valence-electron chi connectivity index (χ2n) is 21.7. The zero-order valence-electron chi connectivity index (χ0n) is 38.4. The molecule has 7 aliphatic carbocycles. The molecule has 4 aromatic heterocycles. The van der Waals surface area contributed by atoms with Crippen LogP contribution < -0.4 is 0 Å². The third-order valence-corrected chi connectivity index (χ3v) is 19.6. The van der Waals surface area contributed by atoms with Gasteiger partial charge in [0, 0.05) is 38.6 Å². The van der Waals surface area contributed by atoms with Crippen LogP contribution in [0.3, 0.4) is 0 Å². The SMILES string of the molecule is CCC1(CC)CCC(CC)(CC)c2c1ncc1c2c2cc(-c3cccc4c3-c3ccccc3C43c4ccccc4-c4ccccc43)cc3c4c5c(ncc4n1c32)C1CC2CC(C1)CC5C2. The summed E-state index contributed by atoms with van der Waals surface area (Å²) in [6.07, 6.45) is 18.3. The van der Waals surface area contributed by atoms with E-state index in [4.69, 9.17) is 9.97 Å². The highest BCUT2D eigenvalue weighted by molar-refractivity contribution is 6.26. The summed E-state index contributed by atoms with van der Waals surface area (Å²) in [5.41, 5.74) is 23.5. The number of hydrogen-bond acceptors (Lipinski definition) is 2. The molecule has 2 unspecified atom stereocenters. The predicted molar refractivity (Wildman–Crippen MR) is 268 cm³/mol. The van der Waals surface area contributed by atoms with Gasteiger partial charge in [0.25, 0.3) is 0 Å². The van der Waals surface area contributed by atoms with Gasteiger partial charge < -0.3 is 4.40 Å². The van der Waals surface area contributed by atoms with Gasteiger partial charge in [-0.2, -0.15) is 0 Å². The lowest BCUT2D eigenvalue weighted by atomic mass is 9.58. The molecule has 3 nitrogen and oxygen atoms in total. The van der Waals surface area contributed by atoms with Gasteiger partial charge in [-0.05, 0) is 173 Å². The first-order chi connectivity index (χ1) is 32.0. The van der Waals surface area contributed by atoms with Crippen molar-refractivity contribution in [2.24, 2.45) is 11.8 Å². The number of hydrogen-bond donors (Lipinski definition) is 0. The summed E-state index contributed by atoms with van der Waals surface area (Å²) in [5.74, 6) is 2.85. The van der Waals surface area contributed by atoms with E-state index in [1.807, 2.05) is 0 Å². The van der Waals surface area contributed by atoms with Crippen LogP contribution in [0.5, 0.6) is 0 Å². The van der Waals surface area contributed by atoms with E-state index in [0.717, 1.165) is 37.5 Å². The molecule has 16 rings (SSSR count). The molecule has 3 heteroatoms. The third-order valence-electron chi connectivity index (χ3n) is 19.6. The smallest absolute Gasteiger partial charge is 0.0728 e. The fraction of sp³-hybridized carbons (Fsp3) is 0.355. The molecule has 2 saturated carbocycles. The van der Waals surface area contributed by atoms with Crippen molar-refractivity contribution in [3.8, 4) is 33.4 Å². The number of rotatable bonds is 5. The Morgan fingerprint density at radius 2 is 1.08 bits per heavy atom. The number of benzene rings is 5. The first kappa shape index (κ1) is 37.4. The fourth-order valence-electron chi connectivity index (χ4n) is 16.7. The summed E-state index contributed by atoms with van der Waals surface area (Å²) in [6, 6.07) is 40.4. The molecule has 2 atom stereocenters. The van der Waals surface area contributed by atoms with E-state index < -0.39 is 0 Å². The molecular weight excluding hydrogens is 787 g/mol. The Balaban J connectivity index is 1.10. The first-order valence-corrected chi connectivity index (χ1v) is 25.5. The number of nitrogens with zero attached hydrogens (tertiary/aromatic N) is 3. The Morgan fingerprint density at radius 3 is 1.75 bits per heavy atom. The van der Waals surface area contributed by atoms with Gasteiger partial charge in [-0.25, -0.2) is 0 Å². The standard InChI is InChI=1S/C62H57N3/c1-5-60(6-2)24-25-61(7-3,8-4)59-56(60)55-45-32-37(31-44-54-50(65(58(44)45)51(55)34-64-59)33-63-57-39-29-35-26-36(30-39)28-38(27-35)52(54)57)40-19-15-23-49-53(40)43-18-11-14-22-48(43)62(49)46-20-12-9-16-41(46)42-17-10-13-21-47(42)62/h9-23,31-36,38-39H,5-8,24-30H2,1-4H3. The summed E-state index contributed by atoms with van der Waals surface area (Å²) in [5, 5.41) is 5.80. The van der Waals surface area contributed by atoms with Crippen LogP contribution in [0.15, 0.2) is 116 Å². The Hall–Kier alpha value is -5.80. The molecule has 0 saturated heterocycles. The Bertz CT molecular complexity index is 3460. The third kappa shape index (κ3) is 4.32. The van der Waals surface area contributed by atoms with Gasteiger partial charge in [0.05, 0.1) is 40.1 Å². The second kappa shape index (κ2) is 12.8. The van der Waals surface area contributed by atoms with Crippen LogP contribution in [0.1, 0.15) is 155 Å². The van der Waals surface area contributed by atoms with E-state index in [1.165, 1.54) is 150 Å². The van der Waals surface area contributed by atoms with Crippen molar-refractivity contribution in [3.05, 3.63) is 160 Å².